The molecule has 1 amide bonds. The molecule has 1 fully saturated rings. The second-order valence-corrected chi connectivity index (χ2v) is 4.15. The van der Waals surface area contributed by atoms with Crippen LogP contribution in [0, 0.1) is 0 Å². The van der Waals surface area contributed by atoms with E-state index < -0.39 is 0 Å². The van der Waals surface area contributed by atoms with E-state index in [-0.39, 0.29) is 6.09 Å². The lowest BCUT2D eigenvalue weighted by molar-refractivity contribution is 0.156. The first-order valence-electron chi connectivity index (χ1n) is 6.13. The predicted octanol–water partition coefficient (Wildman–Crippen LogP) is 1.37. The summed E-state index contributed by atoms with van der Waals surface area (Å²) in [4.78, 5) is 12.9. The maximum absolute atomic E-state index is 11.2. The minimum absolute atomic E-state index is 0.222. The van der Waals surface area contributed by atoms with Crippen LogP contribution in [-0.4, -0.2) is 37.3 Å². The van der Waals surface area contributed by atoms with Crippen LogP contribution in [-0.2, 0) is 11.3 Å². The third kappa shape index (κ3) is 3.37. The Hall–Kier alpha value is -1.75. The van der Waals surface area contributed by atoms with Crippen LogP contribution in [0.5, 0.6) is 5.75 Å². The highest BCUT2D eigenvalue weighted by Gasteiger charge is 2.20. The average molecular weight is 250 g/mol. The van der Waals surface area contributed by atoms with Gasteiger partial charge in [-0.05, 0) is 24.1 Å². The molecule has 0 saturated carbocycles. The van der Waals surface area contributed by atoms with Crippen molar-refractivity contribution in [2.24, 2.45) is 5.73 Å². The number of ether oxygens (including phenoxy) is 2. The van der Waals surface area contributed by atoms with Crippen LogP contribution in [0.3, 0.4) is 0 Å². The van der Waals surface area contributed by atoms with Crippen molar-refractivity contribution in [3.05, 3.63) is 29.8 Å². The van der Waals surface area contributed by atoms with E-state index in [0.717, 1.165) is 17.7 Å². The molecule has 0 aromatic heterocycles. The highest BCUT2D eigenvalue weighted by Crippen LogP contribution is 2.13. The first-order valence-corrected chi connectivity index (χ1v) is 6.13. The summed E-state index contributed by atoms with van der Waals surface area (Å²) in [6.07, 6.45) is 0.572. The van der Waals surface area contributed by atoms with Gasteiger partial charge in [0.25, 0.3) is 0 Å². The fourth-order valence-corrected chi connectivity index (χ4v) is 1.84. The monoisotopic (exact) mass is 250 g/mol. The highest BCUT2D eigenvalue weighted by atomic mass is 16.6. The molecule has 0 atom stereocenters. The Kier molecular flexibility index (Phi) is 4.41. The highest BCUT2D eigenvalue weighted by molar-refractivity contribution is 5.69. The molecule has 0 aliphatic carbocycles. The Morgan fingerprint density at radius 1 is 1.44 bits per heavy atom. The Morgan fingerprint density at radius 3 is 3.06 bits per heavy atom. The molecule has 0 bridgehead atoms. The summed E-state index contributed by atoms with van der Waals surface area (Å²) in [5.74, 6) is 0.821. The van der Waals surface area contributed by atoms with Crippen LogP contribution >= 0.6 is 0 Å². The van der Waals surface area contributed by atoms with Crippen LogP contribution in [0.25, 0.3) is 0 Å². The van der Waals surface area contributed by atoms with Crippen LogP contribution in [0.4, 0.5) is 4.79 Å². The summed E-state index contributed by atoms with van der Waals surface area (Å²) < 4.78 is 10.5. The molecule has 0 unspecified atom stereocenters. The lowest BCUT2D eigenvalue weighted by atomic mass is 10.2. The molecular weight excluding hydrogens is 232 g/mol. The molecule has 2 rings (SSSR count). The number of carbonyl (C=O) groups is 1. The van der Waals surface area contributed by atoms with Crippen LogP contribution < -0.4 is 10.5 Å². The fourth-order valence-electron chi connectivity index (χ4n) is 1.84. The van der Waals surface area contributed by atoms with E-state index >= 15 is 0 Å². The van der Waals surface area contributed by atoms with E-state index in [2.05, 4.69) is 0 Å². The molecule has 5 heteroatoms. The molecule has 1 aliphatic heterocycles. The molecule has 1 aromatic rings. The molecule has 98 valence electrons. The van der Waals surface area contributed by atoms with E-state index in [9.17, 15) is 4.79 Å². The number of nitrogens with two attached hydrogens (primary N) is 1. The third-order valence-electron chi connectivity index (χ3n) is 2.82. The Bertz CT molecular complexity index is 409. The zero-order valence-electron chi connectivity index (χ0n) is 10.3. The molecule has 18 heavy (non-hydrogen) atoms. The van der Waals surface area contributed by atoms with Crippen LogP contribution in [0.1, 0.15) is 12.0 Å². The van der Waals surface area contributed by atoms with E-state index in [0.29, 0.717) is 32.8 Å². The minimum atomic E-state index is -0.222. The summed E-state index contributed by atoms with van der Waals surface area (Å²) in [5.41, 5.74) is 6.61. The largest absolute Gasteiger partial charge is 0.494 e. The Labute approximate surface area is 106 Å². The predicted molar refractivity (Wildman–Crippen MR) is 67.4 cm³/mol. The van der Waals surface area contributed by atoms with E-state index in [1.54, 1.807) is 4.90 Å². The summed E-state index contributed by atoms with van der Waals surface area (Å²) >= 11 is 0. The Balaban J connectivity index is 1.70. The van der Waals surface area contributed by atoms with Gasteiger partial charge in [-0.15, -0.1) is 0 Å². The van der Waals surface area contributed by atoms with E-state index in [1.807, 2.05) is 24.3 Å². The van der Waals surface area contributed by atoms with Crippen molar-refractivity contribution in [3.63, 3.8) is 0 Å². The molecule has 1 aromatic carbocycles. The quantitative estimate of drug-likeness (QED) is 0.774. The van der Waals surface area contributed by atoms with Crippen molar-refractivity contribution in [2.45, 2.75) is 13.0 Å². The second kappa shape index (κ2) is 6.26. The van der Waals surface area contributed by atoms with Gasteiger partial charge >= 0.3 is 6.09 Å². The summed E-state index contributed by atoms with van der Waals surface area (Å²) in [6.45, 7) is 2.95. The van der Waals surface area contributed by atoms with Crippen molar-refractivity contribution >= 4 is 6.09 Å². The minimum Gasteiger partial charge on any atom is -0.494 e. The maximum Gasteiger partial charge on any atom is 0.409 e. The zero-order chi connectivity index (χ0) is 12.8. The van der Waals surface area contributed by atoms with Crippen molar-refractivity contribution in [1.29, 1.82) is 0 Å². The summed E-state index contributed by atoms with van der Waals surface area (Å²) in [6, 6.07) is 7.73. The van der Waals surface area contributed by atoms with Gasteiger partial charge in [0, 0.05) is 13.1 Å². The normalized spacial score (nSPS) is 14.7. The number of hydrogen-bond acceptors (Lipinski definition) is 4. The lowest BCUT2D eigenvalue weighted by Crippen LogP contribution is -2.26. The smallest absolute Gasteiger partial charge is 0.409 e. The van der Waals surface area contributed by atoms with Gasteiger partial charge in [-0.1, -0.05) is 12.1 Å². The topological polar surface area (TPSA) is 64.8 Å². The van der Waals surface area contributed by atoms with Gasteiger partial charge < -0.3 is 20.1 Å². The second-order valence-electron chi connectivity index (χ2n) is 4.15. The molecule has 2 N–H and O–H groups in total. The number of nitrogens with zero attached hydrogens (tertiary/aromatic N) is 1. The van der Waals surface area contributed by atoms with Gasteiger partial charge in [-0.25, -0.2) is 4.79 Å². The summed E-state index contributed by atoms with van der Waals surface area (Å²) in [5, 5.41) is 0. The molecule has 5 nitrogen and oxygen atoms in total. The number of amides is 1. The fraction of sp³-hybridized carbons (Fsp3) is 0.462. The average Bonchev–Trinajstić information content (AvgIpc) is 2.81. The lowest BCUT2D eigenvalue weighted by Gasteiger charge is -2.12. The van der Waals surface area contributed by atoms with Crippen molar-refractivity contribution in [1.82, 2.24) is 4.90 Å². The third-order valence-corrected chi connectivity index (χ3v) is 2.82. The number of benzene rings is 1. The van der Waals surface area contributed by atoms with Crippen molar-refractivity contribution in [3.8, 4) is 5.75 Å². The first kappa shape index (κ1) is 12.7. The number of rotatable bonds is 6. The SMILES string of the molecule is NCc1cccc(OCCCN2CCOC2=O)c1. The molecular formula is C13H18N2O3. The van der Waals surface area contributed by atoms with Gasteiger partial charge in [0.05, 0.1) is 13.2 Å². The number of hydrogen-bond donors (Lipinski definition) is 1. The van der Waals surface area contributed by atoms with Gasteiger partial charge in [-0.3, -0.25) is 0 Å². The van der Waals surface area contributed by atoms with Gasteiger partial charge in [0.2, 0.25) is 0 Å². The van der Waals surface area contributed by atoms with Crippen LogP contribution in [0.2, 0.25) is 0 Å². The number of carbonyl (C=O) groups excluding carboxylic acids is 1. The molecule has 1 saturated heterocycles. The first-order chi connectivity index (χ1) is 8.79. The maximum atomic E-state index is 11.2. The van der Waals surface area contributed by atoms with Gasteiger partial charge in [0.15, 0.2) is 0 Å². The van der Waals surface area contributed by atoms with Crippen molar-refractivity contribution < 1.29 is 14.3 Å². The molecule has 1 heterocycles. The standard InChI is InChI=1S/C13H18N2O3/c14-10-11-3-1-4-12(9-11)17-7-2-5-15-6-8-18-13(15)16/h1,3-4,9H,2,5-8,10,14H2. The van der Waals surface area contributed by atoms with Gasteiger partial charge in [-0.2, -0.15) is 0 Å². The number of cyclic esters (lactones) is 1. The molecule has 0 spiro atoms. The van der Waals surface area contributed by atoms with E-state index in [4.69, 9.17) is 15.2 Å². The zero-order valence-corrected chi connectivity index (χ0v) is 10.3. The van der Waals surface area contributed by atoms with Gasteiger partial charge in [0.1, 0.15) is 12.4 Å². The summed E-state index contributed by atoms with van der Waals surface area (Å²) in [7, 11) is 0. The Morgan fingerprint density at radius 2 is 2.33 bits per heavy atom. The van der Waals surface area contributed by atoms with E-state index in [1.165, 1.54) is 0 Å². The van der Waals surface area contributed by atoms with Crippen LogP contribution in [0.15, 0.2) is 24.3 Å². The van der Waals surface area contributed by atoms with Crippen molar-refractivity contribution in [2.75, 3.05) is 26.3 Å². The molecule has 0 radical (unpaired) electrons. The molecule has 1 aliphatic rings.